The molecule has 5 heteroatoms. The van der Waals surface area contributed by atoms with Gasteiger partial charge in [0.2, 0.25) is 11.8 Å². The van der Waals surface area contributed by atoms with E-state index in [-0.39, 0.29) is 23.8 Å². The van der Waals surface area contributed by atoms with Crippen LogP contribution in [-0.4, -0.2) is 42.4 Å². The topological polar surface area (TPSA) is 75.4 Å². The summed E-state index contributed by atoms with van der Waals surface area (Å²) in [7, 11) is 0. The number of rotatable bonds is 4. The largest absolute Gasteiger partial charge is 0.352 e. The molecule has 1 saturated heterocycles. The van der Waals surface area contributed by atoms with E-state index in [1.807, 2.05) is 13.8 Å². The minimum absolute atomic E-state index is 0.0247. The SMILES string of the molecule is CCN1CC(C(=O)N[C@H](C)CN)CC1=O. The predicted octanol–water partition coefficient (Wildman–Crippen LogP) is -0.682. The zero-order chi connectivity index (χ0) is 11.4. The van der Waals surface area contributed by atoms with Crippen LogP contribution in [0.4, 0.5) is 0 Å². The van der Waals surface area contributed by atoms with Gasteiger partial charge in [-0.1, -0.05) is 0 Å². The summed E-state index contributed by atoms with van der Waals surface area (Å²) in [6.45, 7) is 5.41. The molecule has 0 bridgehead atoms. The molecule has 0 aromatic heterocycles. The maximum atomic E-state index is 11.7. The van der Waals surface area contributed by atoms with Crippen molar-refractivity contribution in [3.05, 3.63) is 0 Å². The number of nitrogens with one attached hydrogen (secondary N) is 1. The van der Waals surface area contributed by atoms with Gasteiger partial charge in [0.05, 0.1) is 5.92 Å². The number of carbonyl (C=O) groups excluding carboxylic acids is 2. The van der Waals surface area contributed by atoms with E-state index in [1.54, 1.807) is 4.90 Å². The zero-order valence-corrected chi connectivity index (χ0v) is 9.32. The summed E-state index contributed by atoms with van der Waals surface area (Å²) in [5.74, 6) is -0.193. The second kappa shape index (κ2) is 5.11. The average Bonchev–Trinajstić information content (AvgIpc) is 2.59. The van der Waals surface area contributed by atoms with Crippen LogP contribution in [0.1, 0.15) is 20.3 Å². The highest BCUT2D eigenvalue weighted by molar-refractivity contribution is 5.89. The monoisotopic (exact) mass is 213 g/mol. The van der Waals surface area contributed by atoms with Gasteiger partial charge in [-0.2, -0.15) is 0 Å². The second-order valence-electron chi connectivity index (χ2n) is 3.98. The number of hydrogen-bond acceptors (Lipinski definition) is 3. The normalized spacial score (nSPS) is 23.0. The number of carbonyl (C=O) groups is 2. The predicted molar refractivity (Wildman–Crippen MR) is 57.0 cm³/mol. The summed E-state index contributed by atoms with van der Waals surface area (Å²) < 4.78 is 0. The molecule has 15 heavy (non-hydrogen) atoms. The molecule has 2 amide bonds. The standard InChI is InChI=1S/C10H19N3O2/c1-3-13-6-8(4-9(13)14)10(15)12-7(2)5-11/h7-8H,3-6,11H2,1-2H3,(H,12,15)/t7-,8?/m1/s1. The summed E-state index contributed by atoms with van der Waals surface area (Å²) in [5, 5.41) is 2.79. The van der Waals surface area contributed by atoms with Crippen molar-refractivity contribution in [1.29, 1.82) is 0 Å². The van der Waals surface area contributed by atoms with E-state index >= 15 is 0 Å². The van der Waals surface area contributed by atoms with Crippen LogP contribution in [0.15, 0.2) is 0 Å². The number of hydrogen-bond donors (Lipinski definition) is 2. The molecule has 1 heterocycles. The molecule has 1 fully saturated rings. The Labute approximate surface area is 90.0 Å². The maximum Gasteiger partial charge on any atom is 0.225 e. The molecule has 1 unspecified atom stereocenters. The van der Waals surface area contributed by atoms with Crippen LogP contribution in [0.3, 0.4) is 0 Å². The molecular formula is C10H19N3O2. The molecule has 5 nitrogen and oxygen atoms in total. The third-order valence-electron chi connectivity index (χ3n) is 2.71. The van der Waals surface area contributed by atoms with E-state index in [0.717, 1.165) is 0 Å². The van der Waals surface area contributed by atoms with E-state index in [9.17, 15) is 9.59 Å². The second-order valence-corrected chi connectivity index (χ2v) is 3.98. The molecule has 2 atom stereocenters. The van der Waals surface area contributed by atoms with Crippen LogP contribution in [0, 0.1) is 5.92 Å². The lowest BCUT2D eigenvalue weighted by atomic mass is 10.1. The molecule has 0 saturated carbocycles. The fourth-order valence-electron chi connectivity index (χ4n) is 1.67. The number of likely N-dealkylation sites (tertiary alicyclic amines) is 1. The van der Waals surface area contributed by atoms with Gasteiger partial charge in [-0.05, 0) is 13.8 Å². The molecule has 0 aliphatic carbocycles. The Morgan fingerprint density at radius 1 is 1.73 bits per heavy atom. The smallest absolute Gasteiger partial charge is 0.225 e. The van der Waals surface area contributed by atoms with Crippen molar-refractivity contribution < 1.29 is 9.59 Å². The Hall–Kier alpha value is -1.10. The summed E-state index contributed by atoms with van der Waals surface area (Å²) >= 11 is 0. The van der Waals surface area contributed by atoms with E-state index < -0.39 is 0 Å². The first-order valence-corrected chi connectivity index (χ1v) is 5.36. The molecule has 1 aliphatic heterocycles. The van der Waals surface area contributed by atoms with Gasteiger partial charge >= 0.3 is 0 Å². The third-order valence-corrected chi connectivity index (χ3v) is 2.71. The minimum Gasteiger partial charge on any atom is -0.352 e. The molecule has 0 aromatic carbocycles. The quantitative estimate of drug-likeness (QED) is 0.649. The zero-order valence-electron chi connectivity index (χ0n) is 9.32. The Morgan fingerprint density at radius 2 is 2.40 bits per heavy atom. The molecule has 0 radical (unpaired) electrons. The van der Waals surface area contributed by atoms with Crippen molar-refractivity contribution in [3.8, 4) is 0 Å². The Kier molecular flexibility index (Phi) is 4.08. The van der Waals surface area contributed by atoms with Gasteiger partial charge < -0.3 is 16.0 Å². The van der Waals surface area contributed by atoms with Crippen LogP contribution < -0.4 is 11.1 Å². The highest BCUT2D eigenvalue weighted by atomic mass is 16.2. The van der Waals surface area contributed by atoms with Gasteiger partial charge in [-0.3, -0.25) is 9.59 Å². The van der Waals surface area contributed by atoms with Crippen molar-refractivity contribution >= 4 is 11.8 Å². The van der Waals surface area contributed by atoms with Crippen molar-refractivity contribution in [3.63, 3.8) is 0 Å². The first kappa shape index (κ1) is 12.0. The number of nitrogens with two attached hydrogens (primary N) is 1. The summed E-state index contributed by atoms with van der Waals surface area (Å²) in [4.78, 5) is 24.8. The van der Waals surface area contributed by atoms with Gasteiger partial charge in [0.25, 0.3) is 0 Å². The molecule has 0 spiro atoms. The molecule has 1 aliphatic rings. The van der Waals surface area contributed by atoms with Gasteiger partial charge in [0.15, 0.2) is 0 Å². The molecule has 1 rings (SSSR count). The van der Waals surface area contributed by atoms with E-state index in [1.165, 1.54) is 0 Å². The molecular weight excluding hydrogens is 194 g/mol. The molecule has 86 valence electrons. The Morgan fingerprint density at radius 3 is 2.87 bits per heavy atom. The van der Waals surface area contributed by atoms with Gasteiger partial charge in [-0.15, -0.1) is 0 Å². The lowest BCUT2D eigenvalue weighted by Gasteiger charge is -2.16. The first-order chi connectivity index (χ1) is 7.08. The van der Waals surface area contributed by atoms with Crippen molar-refractivity contribution in [2.45, 2.75) is 26.3 Å². The fraction of sp³-hybridized carbons (Fsp3) is 0.800. The van der Waals surface area contributed by atoms with Crippen LogP contribution in [0.25, 0.3) is 0 Å². The summed E-state index contributed by atoms with van der Waals surface area (Å²) in [6.07, 6.45) is 0.330. The third kappa shape index (κ3) is 2.92. The summed E-state index contributed by atoms with van der Waals surface area (Å²) in [6, 6.07) is -0.0247. The first-order valence-electron chi connectivity index (χ1n) is 5.36. The van der Waals surface area contributed by atoms with Crippen LogP contribution >= 0.6 is 0 Å². The van der Waals surface area contributed by atoms with Crippen molar-refractivity contribution in [2.24, 2.45) is 11.7 Å². The van der Waals surface area contributed by atoms with Crippen molar-refractivity contribution in [2.75, 3.05) is 19.6 Å². The van der Waals surface area contributed by atoms with Crippen molar-refractivity contribution in [1.82, 2.24) is 10.2 Å². The van der Waals surface area contributed by atoms with E-state index in [4.69, 9.17) is 5.73 Å². The fourth-order valence-corrected chi connectivity index (χ4v) is 1.67. The van der Waals surface area contributed by atoms with E-state index in [0.29, 0.717) is 26.1 Å². The van der Waals surface area contributed by atoms with E-state index in [2.05, 4.69) is 5.32 Å². The molecule has 0 aromatic rings. The highest BCUT2D eigenvalue weighted by Gasteiger charge is 2.33. The van der Waals surface area contributed by atoms with Gasteiger partial charge in [-0.25, -0.2) is 0 Å². The minimum atomic E-state index is -0.202. The van der Waals surface area contributed by atoms with Gasteiger partial charge in [0, 0.05) is 32.1 Å². The Balaban J connectivity index is 2.46. The van der Waals surface area contributed by atoms with Crippen LogP contribution in [0.5, 0.6) is 0 Å². The highest BCUT2D eigenvalue weighted by Crippen LogP contribution is 2.17. The number of nitrogens with zero attached hydrogens (tertiary/aromatic N) is 1. The maximum absolute atomic E-state index is 11.7. The lowest BCUT2D eigenvalue weighted by Crippen LogP contribution is -2.41. The van der Waals surface area contributed by atoms with Crippen LogP contribution in [-0.2, 0) is 9.59 Å². The average molecular weight is 213 g/mol. The molecule has 3 N–H and O–H groups in total. The number of amides is 2. The summed E-state index contributed by atoms with van der Waals surface area (Å²) in [5.41, 5.74) is 5.41. The van der Waals surface area contributed by atoms with Gasteiger partial charge in [0.1, 0.15) is 0 Å². The van der Waals surface area contributed by atoms with Crippen LogP contribution in [0.2, 0.25) is 0 Å². The lowest BCUT2D eigenvalue weighted by molar-refractivity contribution is -0.129. The Bertz CT molecular complexity index is 255.